The fourth-order valence-corrected chi connectivity index (χ4v) is 1.42. The molecule has 1 aromatic rings. The number of nitrogen functional groups attached to an aromatic ring is 1. The molecule has 7 nitrogen and oxygen atoms in total. The largest absolute Gasteiger partial charge is 0.464 e. The lowest BCUT2D eigenvalue weighted by atomic mass is 10.1. The van der Waals surface area contributed by atoms with Crippen LogP contribution in [0.3, 0.4) is 0 Å². The molecule has 0 aliphatic heterocycles. The second-order valence-electron chi connectivity index (χ2n) is 3.62. The summed E-state index contributed by atoms with van der Waals surface area (Å²) >= 11 is 0. The monoisotopic (exact) mass is 254 g/mol. The molecule has 0 fully saturated rings. The predicted molar refractivity (Wildman–Crippen MR) is 63.9 cm³/mol. The molecule has 18 heavy (non-hydrogen) atoms. The van der Waals surface area contributed by atoms with Crippen molar-refractivity contribution in [1.29, 1.82) is 0 Å². The first-order valence-corrected chi connectivity index (χ1v) is 5.33. The average Bonchev–Trinajstić information content (AvgIpc) is 2.31. The van der Waals surface area contributed by atoms with Crippen LogP contribution >= 0.6 is 0 Å². The van der Waals surface area contributed by atoms with Gasteiger partial charge in [-0.25, -0.2) is 4.79 Å². The van der Waals surface area contributed by atoms with E-state index in [1.165, 1.54) is 18.2 Å². The normalized spacial score (nSPS) is 11.9. The molecule has 7 heteroatoms. The maximum atomic E-state index is 11.2. The van der Waals surface area contributed by atoms with Gasteiger partial charge in [0.25, 0.3) is 5.69 Å². The summed E-state index contributed by atoms with van der Waals surface area (Å²) in [6.45, 7) is 1.79. The summed E-state index contributed by atoms with van der Waals surface area (Å²) in [6, 6.07) is 4.12. The van der Waals surface area contributed by atoms with Crippen molar-refractivity contribution in [2.24, 2.45) is 0 Å². The van der Waals surface area contributed by atoms with Crippen LogP contribution in [-0.4, -0.2) is 28.7 Å². The molecule has 0 saturated carbocycles. The molecular weight excluding hydrogens is 240 g/mol. The second kappa shape index (κ2) is 5.97. The first-order valence-electron chi connectivity index (χ1n) is 5.33. The van der Waals surface area contributed by atoms with Gasteiger partial charge >= 0.3 is 5.97 Å². The summed E-state index contributed by atoms with van der Waals surface area (Å²) in [4.78, 5) is 21.3. The Morgan fingerprint density at radius 2 is 2.28 bits per heavy atom. The van der Waals surface area contributed by atoms with Crippen LogP contribution in [0.5, 0.6) is 0 Å². The van der Waals surface area contributed by atoms with E-state index >= 15 is 0 Å². The van der Waals surface area contributed by atoms with Crippen LogP contribution in [0.15, 0.2) is 18.2 Å². The zero-order chi connectivity index (χ0) is 13.7. The number of nitrogens with two attached hydrogens (primary N) is 1. The number of rotatable bonds is 5. The highest BCUT2D eigenvalue weighted by Gasteiger charge is 2.19. The van der Waals surface area contributed by atoms with Crippen LogP contribution in [0.4, 0.5) is 11.4 Å². The Morgan fingerprint density at radius 1 is 1.61 bits per heavy atom. The number of aliphatic hydroxyl groups excluding tert-OH is 1. The molecule has 0 radical (unpaired) electrons. The van der Waals surface area contributed by atoms with E-state index in [9.17, 15) is 20.0 Å². The molecule has 0 heterocycles. The predicted octanol–water partition coefficient (Wildman–Crippen LogP) is 0.644. The minimum Gasteiger partial charge on any atom is -0.464 e. The maximum absolute atomic E-state index is 11.2. The van der Waals surface area contributed by atoms with Crippen molar-refractivity contribution in [2.75, 3.05) is 12.3 Å². The van der Waals surface area contributed by atoms with E-state index in [-0.39, 0.29) is 24.4 Å². The van der Waals surface area contributed by atoms with Gasteiger partial charge in [0, 0.05) is 12.5 Å². The van der Waals surface area contributed by atoms with E-state index in [1.807, 2.05) is 0 Å². The molecule has 0 aliphatic carbocycles. The first-order chi connectivity index (χ1) is 8.45. The van der Waals surface area contributed by atoms with E-state index < -0.39 is 17.0 Å². The summed E-state index contributed by atoms with van der Waals surface area (Å²) in [5.41, 5.74) is 5.66. The SMILES string of the molecule is CCOC(=O)C(O)Cc1ccc(N)c([N+](=O)[O-])c1. The topological polar surface area (TPSA) is 116 Å². The maximum Gasteiger partial charge on any atom is 0.335 e. The first kappa shape index (κ1) is 13.9. The van der Waals surface area contributed by atoms with Crippen molar-refractivity contribution < 1.29 is 19.6 Å². The molecule has 1 unspecified atom stereocenters. The Bertz CT molecular complexity index is 461. The van der Waals surface area contributed by atoms with Crippen molar-refractivity contribution in [3.05, 3.63) is 33.9 Å². The Morgan fingerprint density at radius 3 is 2.83 bits per heavy atom. The van der Waals surface area contributed by atoms with Crippen LogP contribution in [0.25, 0.3) is 0 Å². The zero-order valence-electron chi connectivity index (χ0n) is 9.83. The van der Waals surface area contributed by atoms with Gasteiger partial charge in [-0.1, -0.05) is 6.07 Å². The van der Waals surface area contributed by atoms with Gasteiger partial charge in [-0.2, -0.15) is 0 Å². The quantitative estimate of drug-likeness (QED) is 0.345. The number of carbonyl (C=O) groups excluding carboxylic acids is 1. The number of nitro groups is 1. The number of benzene rings is 1. The lowest BCUT2D eigenvalue weighted by molar-refractivity contribution is -0.384. The molecule has 0 aliphatic rings. The summed E-state index contributed by atoms with van der Waals surface area (Å²) in [6.07, 6.45) is -1.40. The Kier molecular flexibility index (Phi) is 4.61. The van der Waals surface area contributed by atoms with Gasteiger partial charge in [0.05, 0.1) is 11.5 Å². The van der Waals surface area contributed by atoms with E-state index in [2.05, 4.69) is 4.74 Å². The second-order valence-corrected chi connectivity index (χ2v) is 3.62. The Balaban J connectivity index is 2.82. The minimum absolute atomic E-state index is 0.0365. The fourth-order valence-electron chi connectivity index (χ4n) is 1.42. The Hall–Kier alpha value is -2.15. The number of ether oxygens (including phenoxy) is 1. The third kappa shape index (κ3) is 3.42. The zero-order valence-corrected chi connectivity index (χ0v) is 9.83. The van der Waals surface area contributed by atoms with Crippen molar-refractivity contribution in [3.8, 4) is 0 Å². The highest BCUT2D eigenvalue weighted by atomic mass is 16.6. The van der Waals surface area contributed by atoms with Gasteiger partial charge in [0.15, 0.2) is 6.10 Å². The standard InChI is InChI=1S/C11H14N2O5/c1-2-18-11(15)10(14)6-7-3-4-8(12)9(5-7)13(16)17/h3-5,10,14H,2,6,12H2,1H3. The third-order valence-corrected chi connectivity index (χ3v) is 2.28. The molecule has 1 atom stereocenters. The molecule has 1 aromatic carbocycles. The van der Waals surface area contributed by atoms with Gasteiger partial charge in [0.1, 0.15) is 5.69 Å². The highest BCUT2D eigenvalue weighted by molar-refractivity contribution is 5.75. The molecular formula is C11H14N2O5. The van der Waals surface area contributed by atoms with Crippen LogP contribution in [0.1, 0.15) is 12.5 Å². The lowest BCUT2D eigenvalue weighted by Crippen LogP contribution is -2.25. The van der Waals surface area contributed by atoms with Crippen molar-refractivity contribution in [2.45, 2.75) is 19.4 Å². The lowest BCUT2D eigenvalue weighted by Gasteiger charge is -2.09. The number of hydrogen-bond donors (Lipinski definition) is 2. The number of aliphatic hydroxyl groups is 1. The molecule has 0 spiro atoms. The number of anilines is 1. The van der Waals surface area contributed by atoms with Crippen molar-refractivity contribution in [3.63, 3.8) is 0 Å². The molecule has 0 saturated heterocycles. The van der Waals surface area contributed by atoms with Crippen molar-refractivity contribution in [1.82, 2.24) is 0 Å². The smallest absolute Gasteiger partial charge is 0.335 e. The third-order valence-electron chi connectivity index (χ3n) is 2.28. The average molecular weight is 254 g/mol. The van der Waals surface area contributed by atoms with Crippen LogP contribution < -0.4 is 5.73 Å². The summed E-state index contributed by atoms with van der Waals surface area (Å²) in [5.74, 6) is -0.753. The van der Waals surface area contributed by atoms with Crippen LogP contribution in [-0.2, 0) is 16.0 Å². The van der Waals surface area contributed by atoms with Gasteiger partial charge in [-0.05, 0) is 18.6 Å². The molecule has 0 bridgehead atoms. The summed E-state index contributed by atoms with van der Waals surface area (Å²) in [5, 5.41) is 20.2. The number of carbonyl (C=O) groups is 1. The highest BCUT2D eigenvalue weighted by Crippen LogP contribution is 2.23. The van der Waals surface area contributed by atoms with Gasteiger partial charge in [-0.3, -0.25) is 10.1 Å². The molecule has 0 aromatic heterocycles. The van der Waals surface area contributed by atoms with Crippen molar-refractivity contribution >= 4 is 17.3 Å². The fraction of sp³-hybridized carbons (Fsp3) is 0.364. The molecule has 0 amide bonds. The van der Waals surface area contributed by atoms with E-state index in [0.717, 1.165) is 0 Å². The number of nitrogens with zero attached hydrogens (tertiary/aromatic N) is 1. The number of esters is 1. The van der Waals surface area contributed by atoms with E-state index in [1.54, 1.807) is 6.92 Å². The minimum atomic E-state index is -1.34. The van der Waals surface area contributed by atoms with Crippen LogP contribution in [0.2, 0.25) is 0 Å². The number of nitro benzene ring substituents is 1. The van der Waals surface area contributed by atoms with E-state index in [4.69, 9.17) is 5.73 Å². The molecule has 98 valence electrons. The molecule has 3 N–H and O–H groups in total. The number of hydrogen-bond acceptors (Lipinski definition) is 6. The van der Waals surface area contributed by atoms with Gasteiger partial charge in [0.2, 0.25) is 0 Å². The Labute approximate surface area is 103 Å². The summed E-state index contributed by atoms with van der Waals surface area (Å²) in [7, 11) is 0. The van der Waals surface area contributed by atoms with E-state index in [0.29, 0.717) is 5.56 Å². The summed E-state index contributed by atoms with van der Waals surface area (Å²) < 4.78 is 4.63. The van der Waals surface area contributed by atoms with Gasteiger partial charge in [-0.15, -0.1) is 0 Å². The molecule has 1 rings (SSSR count). The van der Waals surface area contributed by atoms with Gasteiger partial charge < -0.3 is 15.6 Å². The van der Waals surface area contributed by atoms with Crippen LogP contribution in [0, 0.1) is 10.1 Å².